The van der Waals surface area contributed by atoms with Crippen molar-refractivity contribution in [1.29, 1.82) is 5.26 Å². The topological polar surface area (TPSA) is 53.2 Å². The molecule has 0 amide bonds. The molecule has 3 nitrogen and oxygen atoms in total. The van der Waals surface area contributed by atoms with Crippen LogP contribution >= 0.6 is 11.6 Å². The molecule has 1 N–H and O–H groups in total. The lowest BCUT2D eigenvalue weighted by molar-refractivity contribution is 0.257. The first kappa shape index (κ1) is 14.3. The number of aliphatic hydroxyl groups is 1. The van der Waals surface area contributed by atoms with Gasteiger partial charge in [0.25, 0.3) is 0 Å². The number of rotatable bonds is 4. The molecule has 20 heavy (non-hydrogen) atoms. The summed E-state index contributed by atoms with van der Waals surface area (Å²) in [6, 6.07) is 11.3. The summed E-state index contributed by atoms with van der Waals surface area (Å²) in [6.07, 6.45) is 0. The molecule has 2 rings (SSSR count). The van der Waals surface area contributed by atoms with Crippen LogP contribution in [-0.2, 0) is 13.2 Å². The number of halogens is 2. The van der Waals surface area contributed by atoms with Gasteiger partial charge in [0.05, 0.1) is 12.2 Å². The molecule has 0 aromatic heterocycles. The van der Waals surface area contributed by atoms with E-state index < -0.39 is 5.82 Å². The second-order valence-corrected chi connectivity index (χ2v) is 4.46. The van der Waals surface area contributed by atoms with Crippen LogP contribution in [0.15, 0.2) is 36.4 Å². The number of nitriles is 1. The summed E-state index contributed by atoms with van der Waals surface area (Å²) in [5, 5.41) is 18.4. The lowest BCUT2D eigenvalue weighted by Gasteiger charge is -2.12. The van der Waals surface area contributed by atoms with E-state index >= 15 is 0 Å². The second kappa shape index (κ2) is 6.38. The number of hydrogen-bond acceptors (Lipinski definition) is 3. The lowest BCUT2D eigenvalue weighted by Crippen LogP contribution is -2.02. The Labute approximate surface area is 120 Å². The Morgan fingerprint density at radius 3 is 2.70 bits per heavy atom. The van der Waals surface area contributed by atoms with Gasteiger partial charge in [-0.05, 0) is 18.2 Å². The Hall–Kier alpha value is -2.09. The number of ether oxygens (including phenoxy) is 1. The number of hydrogen-bond donors (Lipinski definition) is 1. The summed E-state index contributed by atoms with van der Waals surface area (Å²) in [5.41, 5.74) is 0.693. The average molecular weight is 292 g/mol. The highest BCUT2D eigenvalue weighted by Gasteiger charge is 2.11. The molecule has 0 aliphatic rings. The predicted octanol–water partition coefficient (Wildman–Crippen LogP) is 3.42. The van der Waals surface area contributed by atoms with Crippen LogP contribution in [0, 0.1) is 17.1 Å². The zero-order valence-corrected chi connectivity index (χ0v) is 11.2. The van der Waals surface area contributed by atoms with Crippen molar-refractivity contribution in [3.05, 3.63) is 63.9 Å². The molecule has 0 spiro atoms. The molecule has 2 aromatic rings. The fraction of sp³-hybridized carbons (Fsp3) is 0.133. The quantitative estimate of drug-likeness (QED) is 0.939. The van der Waals surface area contributed by atoms with Crippen LogP contribution in [0.2, 0.25) is 5.02 Å². The van der Waals surface area contributed by atoms with E-state index in [9.17, 15) is 9.50 Å². The van der Waals surface area contributed by atoms with Crippen molar-refractivity contribution in [2.24, 2.45) is 0 Å². The van der Waals surface area contributed by atoms with Gasteiger partial charge in [-0.1, -0.05) is 29.8 Å². The van der Waals surface area contributed by atoms with E-state index in [-0.39, 0.29) is 24.3 Å². The van der Waals surface area contributed by atoms with Gasteiger partial charge in [0.2, 0.25) is 0 Å². The van der Waals surface area contributed by atoms with Gasteiger partial charge in [-0.2, -0.15) is 5.26 Å². The molecule has 0 bridgehead atoms. The number of aliphatic hydroxyl groups excluding tert-OH is 1. The van der Waals surface area contributed by atoms with Crippen LogP contribution in [0.4, 0.5) is 4.39 Å². The van der Waals surface area contributed by atoms with Crippen LogP contribution in [0.5, 0.6) is 5.75 Å². The number of benzene rings is 2. The van der Waals surface area contributed by atoms with Crippen molar-refractivity contribution in [2.75, 3.05) is 0 Å². The Morgan fingerprint density at radius 2 is 2.00 bits per heavy atom. The Balaban J connectivity index is 2.22. The van der Waals surface area contributed by atoms with Crippen molar-refractivity contribution < 1.29 is 14.2 Å². The molecule has 0 aliphatic heterocycles. The molecule has 102 valence electrons. The smallest absolute Gasteiger partial charge is 0.147 e. The molecule has 0 unspecified atom stereocenters. The largest absolute Gasteiger partial charge is 0.488 e. The van der Waals surface area contributed by atoms with E-state index in [0.717, 1.165) is 0 Å². The van der Waals surface area contributed by atoms with E-state index in [0.29, 0.717) is 16.3 Å². The van der Waals surface area contributed by atoms with Crippen LogP contribution in [-0.4, -0.2) is 5.11 Å². The van der Waals surface area contributed by atoms with Gasteiger partial charge in [-0.15, -0.1) is 0 Å². The fourth-order valence-corrected chi connectivity index (χ4v) is 1.99. The summed E-state index contributed by atoms with van der Waals surface area (Å²) >= 11 is 5.93. The lowest BCUT2D eigenvalue weighted by atomic mass is 10.1. The van der Waals surface area contributed by atoms with E-state index in [4.69, 9.17) is 21.6 Å². The summed E-state index contributed by atoms with van der Waals surface area (Å²) < 4.78 is 19.3. The minimum atomic E-state index is -0.595. The monoisotopic (exact) mass is 291 g/mol. The van der Waals surface area contributed by atoms with Gasteiger partial charge in [-0.25, -0.2) is 4.39 Å². The molecule has 0 saturated carbocycles. The van der Waals surface area contributed by atoms with Gasteiger partial charge < -0.3 is 9.84 Å². The normalized spacial score (nSPS) is 10.1. The molecule has 0 saturated heterocycles. The Morgan fingerprint density at radius 1 is 1.25 bits per heavy atom. The molecule has 5 heteroatoms. The van der Waals surface area contributed by atoms with Crippen LogP contribution in [0.1, 0.15) is 16.7 Å². The summed E-state index contributed by atoms with van der Waals surface area (Å²) in [6.45, 7) is -0.315. The number of nitrogens with zero attached hydrogens (tertiary/aromatic N) is 1. The molecule has 0 radical (unpaired) electrons. The van der Waals surface area contributed by atoms with Gasteiger partial charge in [-0.3, -0.25) is 0 Å². The van der Waals surface area contributed by atoms with E-state index in [1.54, 1.807) is 36.4 Å². The van der Waals surface area contributed by atoms with Gasteiger partial charge >= 0.3 is 0 Å². The molecule has 2 aromatic carbocycles. The molecule has 0 aliphatic carbocycles. The van der Waals surface area contributed by atoms with Crippen LogP contribution in [0.25, 0.3) is 0 Å². The minimum absolute atomic E-state index is 0.0282. The maximum absolute atomic E-state index is 13.9. The first-order valence-electron chi connectivity index (χ1n) is 5.86. The average Bonchev–Trinajstić information content (AvgIpc) is 2.46. The summed E-state index contributed by atoms with van der Waals surface area (Å²) in [4.78, 5) is 0. The minimum Gasteiger partial charge on any atom is -0.488 e. The van der Waals surface area contributed by atoms with Crippen molar-refractivity contribution >= 4 is 11.6 Å². The summed E-state index contributed by atoms with van der Waals surface area (Å²) in [5.74, 6) is -0.204. The highest BCUT2D eigenvalue weighted by atomic mass is 35.5. The Kier molecular flexibility index (Phi) is 4.57. The van der Waals surface area contributed by atoms with Crippen LogP contribution in [0.3, 0.4) is 0 Å². The maximum atomic E-state index is 13.9. The first-order valence-corrected chi connectivity index (χ1v) is 6.23. The molecule has 0 fully saturated rings. The fourth-order valence-electron chi connectivity index (χ4n) is 1.76. The maximum Gasteiger partial charge on any atom is 0.147 e. The Bertz CT molecular complexity index is 653. The zero-order valence-electron chi connectivity index (χ0n) is 10.4. The van der Waals surface area contributed by atoms with Gasteiger partial charge in [0, 0.05) is 16.1 Å². The van der Waals surface area contributed by atoms with Crippen molar-refractivity contribution in [3.8, 4) is 11.8 Å². The predicted molar refractivity (Wildman–Crippen MR) is 72.8 cm³/mol. The van der Waals surface area contributed by atoms with Crippen molar-refractivity contribution in [3.63, 3.8) is 0 Å². The third kappa shape index (κ3) is 2.90. The standard InChI is InChI=1S/C15H11ClFNO2/c16-13-5-2-6-14(12(13)8-19)20-9-11-4-1-3-10(7-18)15(11)17/h1-6,19H,8-9H2. The molecule has 0 heterocycles. The van der Waals surface area contributed by atoms with Crippen LogP contribution < -0.4 is 4.74 Å². The zero-order chi connectivity index (χ0) is 14.5. The first-order chi connectivity index (χ1) is 9.67. The van der Waals surface area contributed by atoms with Gasteiger partial charge in [0.15, 0.2) is 0 Å². The van der Waals surface area contributed by atoms with Gasteiger partial charge in [0.1, 0.15) is 24.2 Å². The van der Waals surface area contributed by atoms with E-state index in [2.05, 4.69) is 0 Å². The van der Waals surface area contributed by atoms with E-state index in [1.807, 2.05) is 0 Å². The van der Waals surface area contributed by atoms with E-state index in [1.165, 1.54) is 6.07 Å². The molecule has 0 atom stereocenters. The highest BCUT2D eigenvalue weighted by Crippen LogP contribution is 2.27. The molecular formula is C15H11ClFNO2. The molecular weight excluding hydrogens is 281 g/mol. The van der Waals surface area contributed by atoms with Crippen molar-refractivity contribution in [1.82, 2.24) is 0 Å². The highest BCUT2D eigenvalue weighted by molar-refractivity contribution is 6.31. The summed E-state index contributed by atoms with van der Waals surface area (Å²) in [7, 11) is 0. The SMILES string of the molecule is N#Cc1cccc(COc2cccc(Cl)c2CO)c1F. The third-order valence-corrected chi connectivity index (χ3v) is 3.17. The third-order valence-electron chi connectivity index (χ3n) is 2.82. The second-order valence-electron chi connectivity index (χ2n) is 4.05. The van der Waals surface area contributed by atoms with Crippen molar-refractivity contribution in [2.45, 2.75) is 13.2 Å².